The molecule has 0 fully saturated rings. The highest BCUT2D eigenvalue weighted by atomic mass is 28.3. The van der Waals surface area contributed by atoms with Gasteiger partial charge in [-0.25, -0.2) is 0 Å². The van der Waals surface area contributed by atoms with Gasteiger partial charge in [-0.3, -0.25) is 0 Å². The minimum absolute atomic E-state index is 1.05. The molecule has 0 saturated carbocycles. The maximum absolute atomic E-state index is 3.52. The Balaban J connectivity index is 2.00. The van der Waals surface area contributed by atoms with E-state index in [0.717, 1.165) is 44.5 Å². The molecule has 50 heavy (non-hydrogen) atoms. The molecule has 0 atom stereocenters. The van der Waals surface area contributed by atoms with Gasteiger partial charge in [-0.15, -0.1) is 22.2 Å². The van der Waals surface area contributed by atoms with Crippen LogP contribution in [0.1, 0.15) is 44.5 Å². The van der Waals surface area contributed by atoms with Crippen molar-refractivity contribution in [3.8, 4) is 45.9 Å². The number of benzene rings is 4. The molecule has 4 aromatic rings. The molecule has 0 radical (unpaired) electrons. The van der Waals surface area contributed by atoms with Crippen molar-refractivity contribution < 1.29 is 0 Å². The second-order valence-electron chi connectivity index (χ2n) is 17.1. The Morgan fingerprint density at radius 3 is 0.580 bits per heavy atom. The van der Waals surface area contributed by atoms with Crippen LogP contribution in [0.4, 0.5) is 0 Å². The Morgan fingerprint density at radius 1 is 0.280 bits per heavy atom. The summed E-state index contributed by atoms with van der Waals surface area (Å²) in [6, 6.07) is 35.1. The van der Waals surface area contributed by atoms with Crippen LogP contribution in [0.3, 0.4) is 0 Å². The second kappa shape index (κ2) is 15.7. The molecule has 0 heterocycles. The van der Waals surface area contributed by atoms with Crippen LogP contribution in [0.25, 0.3) is 11.1 Å². The molecule has 0 spiro atoms. The van der Waals surface area contributed by atoms with E-state index in [9.17, 15) is 0 Å². The van der Waals surface area contributed by atoms with Crippen molar-refractivity contribution in [2.75, 3.05) is 0 Å². The monoisotopic (exact) mass is 716 g/mol. The number of hydrogen-bond acceptors (Lipinski definition) is 0. The molecule has 0 bridgehead atoms. The smallest absolute Gasteiger partial charge is 0.127 e. The molecule has 0 aliphatic rings. The normalized spacial score (nSPS) is 11.4. The summed E-state index contributed by atoms with van der Waals surface area (Å²) >= 11 is 0. The van der Waals surface area contributed by atoms with Gasteiger partial charge in [0.2, 0.25) is 0 Å². The van der Waals surface area contributed by atoms with Crippen LogP contribution in [-0.4, -0.2) is 32.3 Å². The summed E-state index contributed by atoms with van der Waals surface area (Å²) in [5.74, 6) is 13.8. The van der Waals surface area contributed by atoms with Crippen LogP contribution in [0.5, 0.6) is 0 Å². The maximum atomic E-state index is 3.52. The van der Waals surface area contributed by atoms with E-state index in [0.29, 0.717) is 0 Å². The van der Waals surface area contributed by atoms with Crippen molar-refractivity contribution in [2.45, 2.75) is 78.6 Å². The summed E-state index contributed by atoms with van der Waals surface area (Å²) in [7, 11) is -5.98. The zero-order chi connectivity index (χ0) is 36.7. The van der Waals surface area contributed by atoms with Crippen molar-refractivity contribution in [2.24, 2.45) is 0 Å². The summed E-state index contributed by atoms with van der Waals surface area (Å²) < 4.78 is 0. The fourth-order valence-electron chi connectivity index (χ4n) is 4.83. The third kappa shape index (κ3) is 12.6. The van der Waals surface area contributed by atoms with Crippen molar-refractivity contribution in [1.29, 1.82) is 0 Å². The molecule has 0 aromatic heterocycles. The van der Waals surface area contributed by atoms with Crippen molar-refractivity contribution >= 4 is 43.4 Å². The Morgan fingerprint density at radius 2 is 0.440 bits per heavy atom. The van der Waals surface area contributed by atoms with E-state index in [4.69, 9.17) is 0 Å². The van der Waals surface area contributed by atoms with E-state index in [-0.39, 0.29) is 0 Å². The first-order valence-electron chi connectivity index (χ1n) is 17.5. The first-order chi connectivity index (χ1) is 23.2. The van der Waals surface area contributed by atoms with Gasteiger partial charge >= 0.3 is 0 Å². The van der Waals surface area contributed by atoms with Crippen LogP contribution in [0.15, 0.2) is 97.1 Å². The molecule has 252 valence electrons. The summed E-state index contributed by atoms with van der Waals surface area (Å²) in [6.45, 7) is 27.4. The largest absolute Gasteiger partial charge is 0.129 e. The quantitative estimate of drug-likeness (QED) is 0.112. The molecule has 0 nitrogen and oxygen atoms in total. The highest BCUT2D eigenvalue weighted by molar-refractivity contribution is 6.85. The highest BCUT2D eigenvalue weighted by Crippen LogP contribution is 2.37. The Labute approximate surface area is 307 Å². The van der Waals surface area contributed by atoms with E-state index >= 15 is 0 Å². The molecule has 0 unspecified atom stereocenters. The average Bonchev–Trinajstić information content (AvgIpc) is 3.03. The van der Waals surface area contributed by atoms with Crippen LogP contribution in [0, 0.1) is 45.9 Å². The van der Waals surface area contributed by atoms with E-state index in [2.05, 4.69) is 221 Å². The van der Waals surface area contributed by atoms with Crippen LogP contribution >= 0.6 is 0 Å². The molecule has 0 amide bonds. The fourth-order valence-corrected chi connectivity index (χ4v) is 6.91. The van der Waals surface area contributed by atoms with E-state index < -0.39 is 32.3 Å². The van der Waals surface area contributed by atoms with Gasteiger partial charge in [0.25, 0.3) is 0 Å². The molecule has 0 N–H and O–H groups in total. The van der Waals surface area contributed by atoms with Crippen molar-refractivity contribution in [1.82, 2.24) is 0 Å². The molecule has 4 aromatic carbocycles. The van der Waals surface area contributed by atoms with Gasteiger partial charge < -0.3 is 0 Å². The number of hydrogen-bond donors (Lipinski definition) is 0. The highest BCUT2D eigenvalue weighted by Gasteiger charge is 2.18. The van der Waals surface area contributed by atoms with Gasteiger partial charge in [-0.05, 0) is 81.9 Å². The second-order valence-corrected chi connectivity index (χ2v) is 36.1. The van der Waals surface area contributed by atoms with Crippen LogP contribution in [-0.2, 0) is 0 Å². The fraction of sp³-hybridized carbons (Fsp3) is 0.261. The van der Waals surface area contributed by atoms with Crippen molar-refractivity contribution in [3.05, 3.63) is 142 Å². The average molecular weight is 717 g/mol. The van der Waals surface area contributed by atoms with Gasteiger partial charge in [0, 0.05) is 22.3 Å². The lowest BCUT2D eigenvalue weighted by atomic mass is 9.85. The molecule has 0 aliphatic heterocycles. The van der Waals surface area contributed by atoms with Crippen LogP contribution in [0.2, 0.25) is 78.6 Å². The van der Waals surface area contributed by atoms with E-state index in [1.165, 1.54) is 11.1 Å². The summed E-state index contributed by atoms with van der Waals surface area (Å²) in [6.07, 6.45) is 0. The molecule has 0 saturated heterocycles. The Bertz CT molecular complexity index is 1780. The SMILES string of the molecule is C[Si](C)(C)C#Cc1ccc(C(=C(c2ccc(C#C[Si](C)(C)C)cc2)c2ccc(C#C[Si](C)(C)C)cc2)c2ccc(C#C[Si](C)(C)C)cc2)cc1. The van der Waals surface area contributed by atoms with Gasteiger partial charge in [-0.2, -0.15) is 0 Å². The Hall–Kier alpha value is -4.27. The van der Waals surface area contributed by atoms with E-state index in [1.54, 1.807) is 0 Å². The zero-order valence-corrected chi connectivity index (χ0v) is 36.2. The predicted molar refractivity (Wildman–Crippen MR) is 232 cm³/mol. The van der Waals surface area contributed by atoms with E-state index in [1.807, 2.05) is 0 Å². The summed E-state index contributed by atoms with van der Waals surface area (Å²) in [5, 5.41) is 0. The molecule has 4 heteroatoms. The lowest BCUT2D eigenvalue weighted by Gasteiger charge is -2.19. The molecular weight excluding hydrogens is 665 g/mol. The Kier molecular flexibility index (Phi) is 12.1. The predicted octanol–water partition coefficient (Wildman–Crippen LogP) is 11.6. The summed E-state index contributed by atoms with van der Waals surface area (Å²) in [4.78, 5) is 0. The first-order valence-corrected chi connectivity index (χ1v) is 31.5. The van der Waals surface area contributed by atoms with Gasteiger partial charge in [0.05, 0.1) is 0 Å². The van der Waals surface area contributed by atoms with Crippen LogP contribution < -0.4 is 0 Å². The summed E-state index contributed by atoms with van der Waals surface area (Å²) in [5.41, 5.74) is 25.2. The molecular formula is C46H52Si4. The first kappa shape index (κ1) is 38.5. The zero-order valence-electron chi connectivity index (χ0n) is 32.2. The van der Waals surface area contributed by atoms with Gasteiger partial charge in [0.15, 0.2) is 0 Å². The third-order valence-electron chi connectivity index (χ3n) is 7.27. The number of rotatable bonds is 4. The lowest BCUT2D eigenvalue weighted by molar-refractivity contribution is 1.48. The topological polar surface area (TPSA) is 0 Å². The lowest BCUT2D eigenvalue weighted by Crippen LogP contribution is -2.16. The van der Waals surface area contributed by atoms with Gasteiger partial charge in [-0.1, -0.05) is 151 Å². The maximum Gasteiger partial charge on any atom is 0.129 e. The third-order valence-corrected chi connectivity index (χ3v) is 10.8. The molecule has 4 rings (SSSR count). The molecule has 0 aliphatic carbocycles. The minimum atomic E-state index is -1.50. The van der Waals surface area contributed by atoms with Crippen molar-refractivity contribution in [3.63, 3.8) is 0 Å². The standard InChI is InChI=1S/C46H52Si4/c1-47(2,3)33-29-37-13-21-41(22-14-37)45(42-23-15-38(16-24-42)30-34-48(4,5)6)46(43-25-17-39(18-26-43)31-35-49(7,8)9)44-27-19-40(20-28-44)32-36-50(10,11)12/h13-28H,1-12H3. The van der Waals surface area contributed by atoms with Gasteiger partial charge in [0.1, 0.15) is 32.3 Å². The minimum Gasteiger partial charge on any atom is -0.127 e.